The summed E-state index contributed by atoms with van der Waals surface area (Å²) in [5, 5.41) is 8.51. The van der Waals surface area contributed by atoms with E-state index in [9.17, 15) is 0 Å². The number of nitrogens with two attached hydrogens (primary N) is 1. The van der Waals surface area contributed by atoms with Crippen molar-refractivity contribution in [3.05, 3.63) is 23.3 Å². The minimum absolute atomic E-state index is 0.207. The first-order chi connectivity index (χ1) is 8.81. The molecule has 0 radical (unpaired) electrons. The second kappa shape index (κ2) is 4.89. The molecule has 5 heteroatoms. The van der Waals surface area contributed by atoms with Crippen LogP contribution in [0.2, 0.25) is 0 Å². The predicted molar refractivity (Wildman–Crippen MR) is 76.1 cm³/mol. The minimum atomic E-state index is 0.207. The van der Waals surface area contributed by atoms with Gasteiger partial charge >= 0.3 is 0 Å². The Balaban J connectivity index is 2.49. The average molecular weight is 261 g/mol. The Morgan fingerprint density at radius 3 is 2.53 bits per heavy atom. The maximum absolute atomic E-state index is 5.94. The van der Waals surface area contributed by atoms with E-state index in [1.165, 1.54) is 0 Å². The Morgan fingerprint density at radius 2 is 1.95 bits per heavy atom. The molecular formula is C14H23N5. The van der Waals surface area contributed by atoms with Crippen LogP contribution in [0.15, 0.2) is 6.07 Å². The smallest absolute Gasteiger partial charge is 0.255 e. The maximum atomic E-state index is 5.94. The third kappa shape index (κ3) is 2.92. The Morgan fingerprint density at radius 1 is 1.26 bits per heavy atom. The molecule has 0 saturated heterocycles. The summed E-state index contributed by atoms with van der Waals surface area (Å²) in [7, 11) is 0. The number of rotatable bonds is 3. The van der Waals surface area contributed by atoms with Gasteiger partial charge in [-0.3, -0.25) is 4.40 Å². The molecular weight excluding hydrogens is 238 g/mol. The molecule has 2 N–H and O–H groups in total. The zero-order valence-corrected chi connectivity index (χ0v) is 12.4. The maximum Gasteiger partial charge on any atom is 0.255 e. The third-order valence-corrected chi connectivity index (χ3v) is 3.23. The minimum Gasteiger partial charge on any atom is -0.330 e. The SMILES string of the molecule is Cc1cc(C)n2c(C(CN)CC(C)(C)C)nnc2n1. The van der Waals surface area contributed by atoms with Crippen molar-refractivity contribution < 1.29 is 0 Å². The van der Waals surface area contributed by atoms with Crippen LogP contribution >= 0.6 is 0 Å². The highest BCUT2D eigenvalue weighted by atomic mass is 15.3. The number of hydrogen-bond donors (Lipinski definition) is 1. The monoisotopic (exact) mass is 261 g/mol. The molecule has 19 heavy (non-hydrogen) atoms. The number of aryl methyl sites for hydroxylation is 2. The molecule has 2 aromatic rings. The van der Waals surface area contributed by atoms with Crippen LogP contribution in [0.4, 0.5) is 0 Å². The fraction of sp³-hybridized carbons (Fsp3) is 0.643. The summed E-state index contributed by atoms with van der Waals surface area (Å²) in [6.07, 6.45) is 0.984. The van der Waals surface area contributed by atoms with Crippen molar-refractivity contribution in [3.63, 3.8) is 0 Å². The van der Waals surface area contributed by atoms with E-state index in [4.69, 9.17) is 5.73 Å². The molecule has 104 valence electrons. The van der Waals surface area contributed by atoms with Crippen LogP contribution in [-0.4, -0.2) is 26.1 Å². The molecule has 0 aliphatic heterocycles. The molecule has 0 spiro atoms. The lowest BCUT2D eigenvalue weighted by Gasteiger charge is -2.24. The van der Waals surface area contributed by atoms with Gasteiger partial charge in [-0.2, -0.15) is 0 Å². The van der Waals surface area contributed by atoms with Crippen LogP contribution in [0.1, 0.15) is 50.3 Å². The van der Waals surface area contributed by atoms with Crippen molar-refractivity contribution in [3.8, 4) is 0 Å². The van der Waals surface area contributed by atoms with Gasteiger partial charge < -0.3 is 5.73 Å². The zero-order valence-electron chi connectivity index (χ0n) is 12.4. The summed E-state index contributed by atoms with van der Waals surface area (Å²) < 4.78 is 2.02. The van der Waals surface area contributed by atoms with Gasteiger partial charge in [-0.15, -0.1) is 10.2 Å². The Kier molecular flexibility index (Phi) is 3.58. The highest BCUT2D eigenvalue weighted by molar-refractivity contribution is 5.33. The zero-order chi connectivity index (χ0) is 14.2. The van der Waals surface area contributed by atoms with Crippen LogP contribution in [0.3, 0.4) is 0 Å². The number of fused-ring (bicyclic) bond motifs is 1. The first-order valence-electron chi connectivity index (χ1n) is 6.71. The normalized spacial score (nSPS) is 14.0. The van der Waals surface area contributed by atoms with Crippen LogP contribution in [0, 0.1) is 19.3 Å². The van der Waals surface area contributed by atoms with Gasteiger partial charge in [0, 0.05) is 23.9 Å². The van der Waals surface area contributed by atoms with Crippen LogP contribution in [0.25, 0.3) is 5.78 Å². The molecule has 0 amide bonds. The third-order valence-electron chi connectivity index (χ3n) is 3.23. The largest absolute Gasteiger partial charge is 0.330 e. The number of nitrogens with zero attached hydrogens (tertiary/aromatic N) is 4. The van der Waals surface area contributed by atoms with Crippen molar-refractivity contribution in [1.82, 2.24) is 19.6 Å². The van der Waals surface area contributed by atoms with Gasteiger partial charge in [0.15, 0.2) is 0 Å². The van der Waals surface area contributed by atoms with Crippen molar-refractivity contribution in [2.75, 3.05) is 6.54 Å². The lowest BCUT2D eigenvalue weighted by Crippen LogP contribution is -2.22. The standard InChI is InChI=1S/C14H23N5/c1-9-6-10(2)19-12(17-18-13(19)16-9)11(8-15)7-14(3,4)5/h6,11H,7-8,15H2,1-5H3. The van der Waals surface area contributed by atoms with Crippen LogP contribution in [-0.2, 0) is 0 Å². The quantitative estimate of drug-likeness (QED) is 0.919. The predicted octanol–water partition coefficient (Wildman–Crippen LogP) is 2.22. The molecule has 0 bridgehead atoms. The topological polar surface area (TPSA) is 69.1 Å². The van der Waals surface area contributed by atoms with Gasteiger partial charge in [0.25, 0.3) is 5.78 Å². The van der Waals surface area contributed by atoms with Crippen molar-refractivity contribution in [1.29, 1.82) is 0 Å². The fourth-order valence-corrected chi connectivity index (χ4v) is 2.54. The summed E-state index contributed by atoms with van der Waals surface area (Å²) in [4.78, 5) is 4.42. The van der Waals surface area contributed by atoms with Gasteiger partial charge in [0.05, 0.1) is 0 Å². The van der Waals surface area contributed by atoms with E-state index in [0.717, 1.165) is 23.6 Å². The highest BCUT2D eigenvalue weighted by Crippen LogP contribution is 2.30. The van der Waals surface area contributed by atoms with Crippen molar-refractivity contribution >= 4 is 5.78 Å². The lowest BCUT2D eigenvalue weighted by atomic mass is 9.84. The molecule has 0 fully saturated rings. The molecule has 2 rings (SSSR count). The summed E-state index contributed by atoms with van der Waals surface area (Å²) in [5.74, 6) is 1.80. The Hall–Kier alpha value is -1.49. The van der Waals surface area contributed by atoms with E-state index < -0.39 is 0 Å². The molecule has 1 unspecified atom stereocenters. The second-order valence-corrected chi connectivity index (χ2v) is 6.43. The summed E-state index contributed by atoms with van der Waals surface area (Å²) in [5.41, 5.74) is 8.22. The first kappa shape index (κ1) is 13.9. The molecule has 2 aromatic heterocycles. The molecule has 0 aliphatic carbocycles. The van der Waals surface area contributed by atoms with E-state index in [1.54, 1.807) is 0 Å². The van der Waals surface area contributed by atoms with Crippen molar-refractivity contribution in [2.45, 2.75) is 47.0 Å². The van der Waals surface area contributed by atoms with E-state index in [0.29, 0.717) is 12.3 Å². The van der Waals surface area contributed by atoms with E-state index in [-0.39, 0.29) is 11.3 Å². The lowest BCUT2D eigenvalue weighted by molar-refractivity contribution is 0.334. The van der Waals surface area contributed by atoms with Gasteiger partial charge in [-0.1, -0.05) is 20.8 Å². The Labute approximate surface area is 114 Å². The van der Waals surface area contributed by atoms with Crippen molar-refractivity contribution in [2.24, 2.45) is 11.1 Å². The summed E-state index contributed by atoms with van der Waals surface area (Å²) in [6.45, 7) is 11.2. The van der Waals surface area contributed by atoms with Gasteiger partial charge in [0.2, 0.25) is 0 Å². The Bertz CT molecular complexity index is 579. The molecule has 1 atom stereocenters. The van der Waals surface area contributed by atoms with E-state index >= 15 is 0 Å². The van der Waals surface area contributed by atoms with Crippen LogP contribution in [0.5, 0.6) is 0 Å². The number of aromatic nitrogens is 4. The van der Waals surface area contributed by atoms with Gasteiger partial charge in [-0.25, -0.2) is 4.98 Å². The van der Waals surface area contributed by atoms with E-state index in [1.807, 2.05) is 17.4 Å². The summed E-state index contributed by atoms with van der Waals surface area (Å²) in [6, 6.07) is 2.05. The highest BCUT2D eigenvalue weighted by Gasteiger charge is 2.24. The van der Waals surface area contributed by atoms with Crippen LogP contribution < -0.4 is 5.73 Å². The fourth-order valence-electron chi connectivity index (χ4n) is 2.54. The first-order valence-corrected chi connectivity index (χ1v) is 6.71. The molecule has 2 heterocycles. The molecule has 0 saturated carbocycles. The van der Waals surface area contributed by atoms with Gasteiger partial charge in [0.1, 0.15) is 5.82 Å². The second-order valence-electron chi connectivity index (χ2n) is 6.43. The molecule has 5 nitrogen and oxygen atoms in total. The van der Waals surface area contributed by atoms with E-state index in [2.05, 4.69) is 42.9 Å². The molecule has 0 aromatic carbocycles. The molecule has 0 aliphatic rings. The number of hydrogen-bond acceptors (Lipinski definition) is 4. The van der Waals surface area contributed by atoms with Gasteiger partial charge in [-0.05, 0) is 31.7 Å². The average Bonchev–Trinajstić information content (AvgIpc) is 2.68. The summed E-state index contributed by atoms with van der Waals surface area (Å²) >= 11 is 0.